The van der Waals surface area contributed by atoms with Crippen molar-refractivity contribution in [2.75, 3.05) is 13.2 Å². The summed E-state index contributed by atoms with van der Waals surface area (Å²) in [6.07, 6.45) is -8.27. The first kappa shape index (κ1) is 28.8. The molecule has 7 rings (SSSR count). The number of phosphoric ester groups is 2. The average Bonchev–Trinajstić information content (AvgIpc) is 3.72. The lowest BCUT2D eigenvalue weighted by molar-refractivity contribution is -0.0671. The van der Waals surface area contributed by atoms with Crippen molar-refractivity contribution in [3.8, 4) is 0 Å². The third-order valence-corrected chi connectivity index (χ3v) is 9.30. The fourth-order valence-corrected chi connectivity index (χ4v) is 7.24. The second kappa shape index (κ2) is 10.6. The van der Waals surface area contributed by atoms with Gasteiger partial charge in [-0.1, -0.05) is 12.1 Å². The zero-order valence-corrected chi connectivity index (χ0v) is 23.5. The van der Waals surface area contributed by atoms with E-state index in [1.165, 1.54) is 15.5 Å². The number of aliphatic hydroxyl groups excluding tert-OH is 2. The van der Waals surface area contributed by atoms with E-state index in [4.69, 9.17) is 27.6 Å². The number of benzene rings is 1. The van der Waals surface area contributed by atoms with Gasteiger partial charge in [0, 0.05) is 0 Å². The molecule has 4 unspecified atom stereocenters. The highest BCUT2D eigenvalue weighted by Gasteiger charge is 2.53. The third kappa shape index (κ3) is 5.16. The van der Waals surface area contributed by atoms with Crippen LogP contribution in [0.25, 0.3) is 22.2 Å². The van der Waals surface area contributed by atoms with Gasteiger partial charge in [0.25, 0.3) is 5.56 Å². The van der Waals surface area contributed by atoms with Gasteiger partial charge in [-0.05, 0) is 12.1 Å². The van der Waals surface area contributed by atoms with Gasteiger partial charge < -0.3 is 39.0 Å². The highest BCUT2D eigenvalue weighted by atomic mass is 31.2. The van der Waals surface area contributed by atoms with E-state index in [0.717, 1.165) is 12.7 Å². The van der Waals surface area contributed by atoms with Crippen molar-refractivity contribution in [3.63, 3.8) is 0 Å². The number of H-pyrrole nitrogens is 1. The molecule has 43 heavy (non-hydrogen) atoms. The Balaban J connectivity index is 1.20. The van der Waals surface area contributed by atoms with Gasteiger partial charge in [-0.15, -0.1) is 0 Å². The van der Waals surface area contributed by atoms with Crippen LogP contribution in [0.3, 0.4) is 0 Å². The normalized spacial score (nSPS) is 38.9. The Labute approximate surface area is 239 Å². The molecule has 10 atom stereocenters. The summed E-state index contributed by atoms with van der Waals surface area (Å²) in [6.45, 7) is -1.51. The molecule has 0 spiro atoms. The molecule has 6 heterocycles. The number of nitrogens with one attached hydrogen (secondary N) is 1. The molecule has 0 amide bonds. The van der Waals surface area contributed by atoms with E-state index < -0.39 is 83.5 Å². The molecule has 4 aromatic rings. The van der Waals surface area contributed by atoms with Crippen molar-refractivity contribution < 1.29 is 56.7 Å². The molecular formula is C22H24N6O13P2. The Morgan fingerprint density at radius 3 is 2.30 bits per heavy atom. The molecule has 1 aromatic carbocycles. The van der Waals surface area contributed by atoms with Crippen LogP contribution in [-0.2, 0) is 36.7 Å². The minimum atomic E-state index is -5.00. The van der Waals surface area contributed by atoms with Gasteiger partial charge in [-0.2, -0.15) is 0 Å². The number of hydrogen-bond donors (Lipinski definition) is 5. The molecule has 3 aliphatic heterocycles. The molecule has 3 saturated heterocycles. The number of fused-ring (bicyclic) bond motifs is 5. The van der Waals surface area contributed by atoms with E-state index in [1.54, 1.807) is 24.3 Å². The zero-order valence-electron chi connectivity index (χ0n) is 21.7. The highest BCUT2D eigenvalue weighted by molar-refractivity contribution is 7.47. The van der Waals surface area contributed by atoms with Crippen molar-refractivity contribution in [2.24, 2.45) is 0 Å². The largest absolute Gasteiger partial charge is 0.472 e. The van der Waals surface area contributed by atoms with Crippen LogP contribution in [0.4, 0.5) is 0 Å². The summed E-state index contributed by atoms with van der Waals surface area (Å²) in [7, 11) is -10.0. The lowest BCUT2D eigenvalue weighted by atomic mass is 10.1. The Morgan fingerprint density at radius 1 is 0.837 bits per heavy atom. The predicted molar refractivity (Wildman–Crippen MR) is 139 cm³/mol. The molecule has 3 fully saturated rings. The van der Waals surface area contributed by atoms with Gasteiger partial charge in [0.2, 0.25) is 0 Å². The Morgan fingerprint density at radius 2 is 1.51 bits per heavy atom. The molecule has 19 nitrogen and oxygen atoms in total. The summed E-state index contributed by atoms with van der Waals surface area (Å²) < 4.78 is 61.5. The minimum absolute atomic E-state index is 0.0166. The SMILES string of the molecule is O=c1[nH]cnc2c1ncn2[C@@H]1O[C@@H]2COP(=O)(O)OC3[C@@H](O)[C@@H](COP(=O)(O)OC2[C@@H]1O)O[C@H]3n1cnc2ccccc21. The summed E-state index contributed by atoms with van der Waals surface area (Å²) in [5.74, 6) is 0. The van der Waals surface area contributed by atoms with E-state index in [1.807, 2.05) is 0 Å². The number of ether oxygens (including phenoxy) is 2. The van der Waals surface area contributed by atoms with E-state index in [0.29, 0.717) is 11.0 Å². The molecule has 2 bridgehead atoms. The van der Waals surface area contributed by atoms with Crippen LogP contribution in [0, 0.1) is 0 Å². The van der Waals surface area contributed by atoms with Crippen LogP contribution < -0.4 is 5.56 Å². The predicted octanol–water partition coefficient (Wildman–Crippen LogP) is -0.296. The summed E-state index contributed by atoms with van der Waals surface area (Å²) in [5, 5.41) is 22.1. The molecule has 3 aromatic heterocycles. The van der Waals surface area contributed by atoms with Gasteiger partial charge in [0.15, 0.2) is 23.6 Å². The van der Waals surface area contributed by atoms with Crippen LogP contribution in [-0.4, -0.2) is 98.9 Å². The number of aromatic nitrogens is 6. The Bertz CT molecular complexity index is 1830. The van der Waals surface area contributed by atoms with Gasteiger partial charge in [0.05, 0.1) is 43.2 Å². The van der Waals surface area contributed by atoms with E-state index in [9.17, 15) is 33.9 Å². The van der Waals surface area contributed by atoms with Gasteiger partial charge in [0.1, 0.15) is 36.6 Å². The van der Waals surface area contributed by atoms with Gasteiger partial charge in [-0.25, -0.2) is 24.1 Å². The van der Waals surface area contributed by atoms with E-state index in [2.05, 4.69) is 19.9 Å². The first-order valence-electron chi connectivity index (χ1n) is 12.8. The fraction of sp³-hybridized carbons (Fsp3) is 0.455. The first-order chi connectivity index (χ1) is 20.5. The molecule has 3 aliphatic rings. The zero-order chi connectivity index (χ0) is 30.1. The van der Waals surface area contributed by atoms with Crippen molar-refractivity contribution >= 4 is 37.8 Å². The number of para-hydroxylation sites is 2. The Kier molecular flexibility index (Phi) is 7.13. The summed E-state index contributed by atoms with van der Waals surface area (Å²) in [6, 6.07) is 6.91. The van der Waals surface area contributed by atoms with E-state index in [-0.39, 0.29) is 11.2 Å². The first-order valence-corrected chi connectivity index (χ1v) is 15.8. The second-order valence-corrected chi connectivity index (χ2v) is 12.8. The fourth-order valence-electron chi connectivity index (χ4n) is 5.34. The Hall–Kier alpha value is -2.90. The molecule has 5 N–H and O–H groups in total. The number of rotatable bonds is 2. The maximum absolute atomic E-state index is 13.1. The lowest BCUT2D eigenvalue weighted by Crippen LogP contribution is -2.36. The van der Waals surface area contributed by atoms with Crippen molar-refractivity contribution in [1.29, 1.82) is 0 Å². The molecule has 0 saturated carbocycles. The van der Waals surface area contributed by atoms with Crippen molar-refractivity contribution in [2.45, 2.75) is 49.1 Å². The lowest BCUT2D eigenvalue weighted by Gasteiger charge is -2.26. The summed E-state index contributed by atoms with van der Waals surface area (Å²) in [5.41, 5.74) is 0.491. The number of nitrogens with zero attached hydrogens (tertiary/aromatic N) is 5. The van der Waals surface area contributed by atoms with Crippen LogP contribution in [0.1, 0.15) is 12.5 Å². The van der Waals surface area contributed by atoms with E-state index >= 15 is 0 Å². The number of phosphoric acid groups is 2. The number of hydrogen-bond acceptors (Lipinski definition) is 14. The summed E-state index contributed by atoms with van der Waals surface area (Å²) >= 11 is 0. The quantitative estimate of drug-likeness (QED) is 0.176. The maximum atomic E-state index is 13.1. The topological polar surface area (TPSA) is 252 Å². The third-order valence-electron chi connectivity index (χ3n) is 7.33. The van der Waals surface area contributed by atoms with Gasteiger partial charge >= 0.3 is 15.6 Å². The van der Waals surface area contributed by atoms with Crippen molar-refractivity contribution in [1.82, 2.24) is 29.1 Å². The smallest absolute Gasteiger partial charge is 0.387 e. The summed E-state index contributed by atoms with van der Waals surface area (Å²) in [4.78, 5) is 47.9. The highest BCUT2D eigenvalue weighted by Crippen LogP contribution is 2.53. The number of aliphatic hydroxyl groups is 2. The second-order valence-electron chi connectivity index (χ2n) is 9.98. The molecule has 21 heteroatoms. The van der Waals surface area contributed by atoms with Crippen LogP contribution >= 0.6 is 15.6 Å². The van der Waals surface area contributed by atoms with Crippen LogP contribution in [0.2, 0.25) is 0 Å². The number of aromatic amines is 1. The van der Waals surface area contributed by atoms with Crippen LogP contribution in [0.5, 0.6) is 0 Å². The standard InChI is InChI=1S/C22H24N6O13P2/c29-15-12-5-36-42(32,33)40-17-13(39-21(16(17)30)28-9-26-14-19(28)23-7-24-20(14)31)6-37-43(34,35)41-18(15)22(38-12)27-8-25-10-3-1-2-4-11(10)27/h1-4,7-9,12-13,15-18,21-22,29-30H,5-6H2,(H,32,33)(H,34,35)(H,23,24,31)/t12-,13-,15+,16+,17?,18?,21-,22-/m1/s1. The molecular weight excluding hydrogens is 618 g/mol. The van der Waals surface area contributed by atoms with Crippen LogP contribution in [0.15, 0.2) is 48.0 Å². The van der Waals surface area contributed by atoms with Gasteiger partial charge in [-0.3, -0.25) is 27.5 Å². The van der Waals surface area contributed by atoms with Crippen molar-refractivity contribution in [3.05, 3.63) is 53.6 Å². The minimum Gasteiger partial charge on any atom is -0.387 e. The molecule has 0 aliphatic carbocycles. The molecule has 0 radical (unpaired) electrons. The monoisotopic (exact) mass is 642 g/mol. The maximum Gasteiger partial charge on any atom is 0.472 e. The average molecular weight is 642 g/mol. The number of imidazole rings is 2. The molecule has 230 valence electrons.